The van der Waals surface area contributed by atoms with Gasteiger partial charge >= 0.3 is 0 Å². The van der Waals surface area contributed by atoms with Crippen molar-refractivity contribution in [2.75, 3.05) is 5.75 Å². The molecule has 0 spiro atoms. The van der Waals surface area contributed by atoms with Crippen molar-refractivity contribution in [3.63, 3.8) is 0 Å². The SMILES string of the molecule is Cc1ccccc1-n1ccnc1SCC(=O)NC(C)C1CC1. The highest BCUT2D eigenvalue weighted by Crippen LogP contribution is 2.32. The number of rotatable bonds is 6. The summed E-state index contributed by atoms with van der Waals surface area (Å²) in [7, 11) is 0. The van der Waals surface area contributed by atoms with E-state index >= 15 is 0 Å². The van der Waals surface area contributed by atoms with Crippen molar-refractivity contribution < 1.29 is 4.79 Å². The second-order valence-electron chi connectivity index (χ2n) is 5.85. The van der Waals surface area contributed by atoms with Crippen LogP contribution in [0, 0.1) is 12.8 Å². The van der Waals surface area contributed by atoms with Gasteiger partial charge in [0.1, 0.15) is 0 Å². The lowest BCUT2D eigenvalue weighted by Crippen LogP contribution is -2.35. The van der Waals surface area contributed by atoms with Crippen molar-refractivity contribution in [2.24, 2.45) is 5.92 Å². The van der Waals surface area contributed by atoms with Crippen LogP contribution in [0.15, 0.2) is 41.8 Å². The molecule has 1 aromatic heterocycles. The van der Waals surface area contributed by atoms with Crippen LogP contribution in [0.2, 0.25) is 0 Å². The number of benzene rings is 1. The van der Waals surface area contributed by atoms with Gasteiger partial charge in [-0.25, -0.2) is 4.98 Å². The summed E-state index contributed by atoms with van der Waals surface area (Å²) in [6.07, 6.45) is 6.20. The van der Waals surface area contributed by atoms with E-state index in [4.69, 9.17) is 0 Å². The van der Waals surface area contributed by atoms with Crippen LogP contribution in [0.3, 0.4) is 0 Å². The third-order valence-corrected chi connectivity index (χ3v) is 5.00. The van der Waals surface area contributed by atoms with Crippen LogP contribution in [0.25, 0.3) is 5.69 Å². The topological polar surface area (TPSA) is 46.9 Å². The smallest absolute Gasteiger partial charge is 0.230 e. The zero-order chi connectivity index (χ0) is 15.5. The third-order valence-electron chi connectivity index (χ3n) is 4.03. The lowest BCUT2D eigenvalue weighted by Gasteiger charge is -2.13. The molecule has 1 aliphatic carbocycles. The van der Waals surface area contributed by atoms with Gasteiger partial charge in [0, 0.05) is 18.4 Å². The zero-order valence-corrected chi connectivity index (χ0v) is 13.8. The number of carbonyl (C=O) groups is 1. The number of hydrogen-bond acceptors (Lipinski definition) is 3. The number of carbonyl (C=O) groups excluding carboxylic acids is 1. The second kappa shape index (κ2) is 6.57. The Morgan fingerprint density at radius 2 is 2.23 bits per heavy atom. The molecule has 116 valence electrons. The molecule has 1 atom stereocenters. The van der Waals surface area contributed by atoms with E-state index in [-0.39, 0.29) is 5.91 Å². The summed E-state index contributed by atoms with van der Waals surface area (Å²) in [4.78, 5) is 16.4. The Bertz CT molecular complexity index is 663. The molecule has 22 heavy (non-hydrogen) atoms. The summed E-state index contributed by atoms with van der Waals surface area (Å²) < 4.78 is 2.04. The van der Waals surface area contributed by atoms with Crippen molar-refractivity contribution >= 4 is 17.7 Å². The molecular weight excluding hydrogens is 294 g/mol. The molecule has 1 aliphatic rings. The first-order valence-electron chi connectivity index (χ1n) is 7.66. The Kier molecular flexibility index (Phi) is 4.52. The van der Waals surface area contributed by atoms with Crippen molar-refractivity contribution in [2.45, 2.75) is 37.9 Å². The maximum absolute atomic E-state index is 12.0. The fourth-order valence-corrected chi connectivity index (χ4v) is 3.33. The molecule has 1 N–H and O–H groups in total. The standard InChI is InChI=1S/C17H21N3OS/c1-12-5-3-4-6-15(12)20-10-9-18-17(20)22-11-16(21)19-13(2)14-7-8-14/h3-6,9-10,13-14H,7-8,11H2,1-2H3,(H,19,21). The predicted octanol–water partition coefficient (Wildman–Crippen LogP) is 3.19. The van der Waals surface area contributed by atoms with E-state index in [0.717, 1.165) is 10.8 Å². The summed E-state index contributed by atoms with van der Waals surface area (Å²) in [6, 6.07) is 8.48. The maximum Gasteiger partial charge on any atom is 0.230 e. The average Bonchev–Trinajstić information content (AvgIpc) is 3.25. The molecule has 1 fully saturated rings. The predicted molar refractivity (Wildman–Crippen MR) is 89.4 cm³/mol. The summed E-state index contributed by atoms with van der Waals surface area (Å²) >= 11 is 1.48. The molecule has 3 rings (SSSR count). The Hall–Kier alpha value is -1.75. The van der Waals surface area contributed by atoms with Crippen LogP contribution in [0.1, 0.15) is 25.3 Å². The van der Waals surface area contributed by atoms with Gasteiger partial charge in [0.2, 0.25) is 5.91 Å². The van der Waals surface area contributed by atoms with Crippen molar-refractivity contribution in [1.29, 1.82) is 0 Å². The highest BCUT2D eigenvalue weighted by molar-refractivity contribution is 7.99. The molecule has 4 nitrogen and oxygen atoms in total. The lowest BCUT2D eigenvalue weighted by atomic mass is 10.2. The number of nitrogens with one attached hydrogen (secondary N) is 1. The van der Waals surface area contributed by atoms with Crippen molar-refractivity contribution in [1.82, 2.24) is 14.9 Å². The van der Waals surface area contributed by atoms with E-state index in [0.29, 0.717) is 17.7 Å². The number of nitrogens with zero attached hydrogens (tertiary/aromatic N) is 2. The van der Waals surface area contributed by atoms with Gasteiger partial charge in [-0.05, 0) is 44.2 Å². The Balaban J connectivity index is 1.63. The fraction of sp³-hybridized carbons (Fsp3) is 0.412. The number of aryl methyl sites for hydroxylation is 1. The summed E-state index contributed by atoms with van der Waals surface area (Å²) in [5.41, 5.74) is 2.29. The number of para-hydroxylation sites is 1. The third kappa shape index (κ3) is 3.53. The minimum Gasteiger partial charge on any atom is -0.353 e. The molecule has 1 heterocycles. The lowest BCUT2D eigenvalue weighted by molar-refractivity contribution is -0.119. The molecule has 1 aromatic carbocycles. The van der Waals surface area contributed by atoms with Gasteiger partial charge in [-0.1, -0.05) is 30.0 Å². The van der Waals surface area contributed by atoms with E-state index in [9.17, 15) is 4.79 Å². The maximum atomic E-state index is 12.0. The Labute approximate surface area is 135 Å². The average molecular weight is 315 g/mol. The van der Waals surface area contributed by atoms with Crippen LogP contribution in [-0.4, -0.2) is 27.3 Å². The molecule has 1 amide bonds. The van der Waals surface area contributed by atoms with Crippen LogP contribution < -0.4 is 5.32 Å². The van der Waals surface area contributed by atoms with Gasteiger partial charge in [0.25, 0.3) is 0 Å². The van der Waals surface area contributed by atoms with Gasteiger partial charge in [-0.15, -0.1) is 0 Å². The number of hydrogen-bond donors (Lipinski definition) is 1. The fourth-order valence-electron chi connectivity index (χ4n) is 2.55. The molecule has 0 saturated heterocycles. The quantitative estimate of drug-likeness (QED) is 0.833. The second-order valence-corrected chi connectivity index (χ2v) is 6.79. The van der Waals surface area contributed by atoms with Crippen molar-refractivity contribution in [3.05, 3.63) is 42.2 Å². The highest BCUT2D eigenvalue weighted by Gasteiger charge is 2.28. The van der Waals surface area contributed by atoms with Gasteiger partial charge in [0.05, 0.1) is 11.4 Å². The molecule has 0 radical (unpaired) electrons. The highest BCUT2D eigenvalue weighted by atomic mass is 32.2. The largest absolute Gasteiger partial charge is 0.353 e. The monoisotopic (exact) mass is 315 g/mol. The van der Waals surface area contributed by atoms with Crippen LogP contribution >= 0.6 is 11.8 Å². The van der Waals surface area contributed by atoms with Gasteiger partial charge < -0.3 is 5.32 Å². The van der Waals surface area contributed by atoms with Gasteiger partial charge in [-0.2, -0.15) is 0 Å². The molecule has 0 bridgehead atoms. The van der Waals surface area contributed by atoms with Gasteiger partial charge in [0.15, 0.2) is 5.16 Å². The van der Waals surface area contributed by atoms with E-state index < -0.39 is 0 Å². The number of imidazole rings is 1. The number of aromatic nitrogens is 2. The first kappa shape index (κ1) is 15.2. The number of amides is 1. The first-order chi connectivity index (χ1) is 10.6. The summed E-state index contributed by atoms with van der Waals surface area (Å²) in [5.74, 6) is 1.17. The summed E-state index contributed by atoms with van der Waals surface area (Å²) in [6.45, 7) is 4.17. The zero-order valence-electron chi connectivity index (χ0n) is 13.0. The van der Waals surface area contributed by atoms with Crippen LogP contribution in [0.5, 0.6) is 0 Å². The van der Waals surface area contributed by atoms with E-state index in [1.54, 1.807) is 6.20 Å². The van der Waals surface area contributed by atoms with Gasteiger partial charge in [-0.3, -0.25) is 9.36 Å². The van der Waals surface area contributed by atoms with Crippen LogP contribution in [0.4, 0.5) is 0 Å². The molecule has 2 aromatic rings. The van der Waals surface area contributed by atoms with Crippen molar-refractivity contribution in [3.8, 4) is 5.69 Å². The molecular formula is C17H21N3OS. The molecule has 1 saturated carbocycles. The molecule has 0 aliphatic heterocycles. The normalized spacial score (nSPS) is 15.5. The summed E-state index contributed by atoms with van der Waals surface area (Å²) in [5, 5.41) is 3.93. The minimum absolute atomic E-state index is 0.0868. The Morgan fingerprint density at radius 3 is 2.95 bits per heavy atom. The van der Waals surface area contributed by atoms with Crippen LogP contribution in [-0.2, 0) is 4.79 Å². The number of thioether (sulfide) groups is 1. The molecule has 1 unspecified atom stereocenters. The Morgan fingerprint density at radius 1 is 1.45 bits per heavy atom. The molecule has 5 heteroatoms. The minimum atomic E-state index is 0.0868. The van der Waals surface area contributed by atoms with E-state index in [1.165, 1.54) is 30.2 Å². The van der Waals surface area contributed by atoms with E-state index in [1.807, 2.05) is 22.9 Å². The van der Waals surface area contributed by atoms with E-state index in [2.05, 4.69) is 36.3 Å². The first-order valence-corrected chi connectivity index (χ1v) is 8.65.